The van der Waals surface area contributed by atoms with Crippen LogP contribution in [0.1, 0.15) is 49.9 Å². The Kier molecular flexibility index (Phi) is 7.30. The molecule has 2 saturated heterocycles. The molecule has 2 fully saturated rings. The van der Waals surface area contributed by atoms with Crippen LogP contribution in [0.4, 0.5) is 0 Å². The number of nitrogens with one attached hydrogen (secondary N) is 2. The molecule has 0 bridgehead atoms. The number of Topliss-reactive ketones (excluding diaryl/α,β-unsaturated/α-hetero) is 1. The predicted molar refractivity (Wildman–Crippen MR) is 143 cm³/mol. The van der Waals surface area contributed by atoms with Gasteiger partial charge in [-0.3, -0.25) is 14.5 Å². The summed E-state index contributed by atoms with van der Waals surface area (Å²) in [6.45, 7) is 7.58. The van der Waals surface area contributed by atoms with Crippen LogP contribution in [0.25, 0.3) is 0 Å². The van der Waals surface area contributed by atoms with Crippen molar-refractivity contribution in [2.75, 3.05) is 26.2 Å². The Morgan fingerprint density at radius 1 is 0.917 bits per heavy atom. The van der Waals surface area contributed by atoms with Crippen molar-refractivity contribution in [1.29, 1.82) is 0 Å². The van der Waals surface area contributed by atoms with E-state index in [2.05, 4.69) is 27.7 Å². The summed E-state index contributed by atoms with van der Waals surface area (Å²) >= 11 is 0. The minimum atomic E-state index is -0.133. The Labute approximate surface area is 213 Å². The van der Waals surface area contributed by atoms with Crippen LogP contribution in [0.2, 0.25) is 0 Å². The molecule has 5 heteroatoms. The number of likely N-dealkylation sites (tertiary alicyclic amines) is 1. The van der Waals surface area contributed by atoms with Crippen molar-refractivity contribution in [3.63, 3.8) is 0 Å². The largest absolute Gasteiger partial charge is 0.345 e. The number of fused-ring (bicyclic) bond motifs is 1. The Hall–Kier alpha value is -3.28. The highest BCUT2D eigenvalue weighted by Crippen LogP contribution is 2.36. The fourth-order valence-corrected chi connectivity index (χ4v) is 6.08. The number of rotatable bonds is 8. The van der Waals surface area contributed by atoms with Crippen molar-refractivity contribution in [2.45, 2.75) is 32.4 Å². The number of carbonyl (C=O) groups excluding carboxylic acids is 2. The monoisotopic (exact) mass is 481 g/mol. The molecule has 2 aliphatic rings. The van der Waals surface area contributed by atoms with Gasteiger partial charge in [-0.15, -0.1) is 0 Å². The van der Waals surface area contributed by atoms with Gasteiger partial charge in [-0.2, -0.15) is 0 Å². The van der Waals surface area contributed by atoms with Crippen LogP contribution in [-0.2, 0) is 0 Å². The third kappa shape index (κ3) is 4.99. The van der Waals surface area contributed by atoms with Crippen molar-refractivity contribution in [1.82, 2.24) is 15.5 Å². The minimum absolute atomic E-state index is 0.0740. The van der Waals surface area contributed by atoms with Crippen LogP contribution in [-0.4, -0.2) is 48.8 Å². The van der Waals surface area contributed by atoms with Gasteiger partial charge >= 0.3 is 0 Å². The zero-order valence-electron chi connectivity index (χ0n) is 21.1. The number of aryl methyl sites for hydroxylation is 2. The van der Waals surface area contributed by atoms with Gasteiger partial charge in [-0.05, 0) is 67.5 Å². The molecule has 0 saturated carbocycles. The molecule has 5 rings (SSSR count). The molecule has 2 aliphatic heterocycles. The number of carbonyl (C=O) groups is 2. The second-order valence-electron chi connectivity index (χ2n) is 10.2. The van der Waals surface area contributed by atoms with E-state index >= 15 is 0 Å². The molecule has 186 valence electrons. The molecule has 3 aromatic rings. The smallest absolute Gasteiger partial charge is 0.251 e. The van der Waals surface area contributed by atoms with E-state index < -0.39 is 0 Å². The molecular formula is C31H35N3O2. The highest BCUT2D eigenvalue weighted by atomic mass is 16.1. The van der Waals surface area contributed by atoms with Gasteiger partial charge in [0, 0.05) is 30.8 Å². The van der Waals surface area contributed by atoms with Crippen molar-refractivity contribution in [2.24, 2.45) is 11.8 Å². The van der Waals surface area contributed by atoms with E-state index in [1.165, 1.54) is 0 Å². The zero-order valence-corrected chi connectivity index (χ0v) is 21.1. The molecule has 1 amide bonds. The summed E-state index contributed by atoms with van der Waals surface area (Å²) in [5.74, 6) is 0.976. The van der Waals surface area contributed by atoms with E-state index in [0.29, 0.717) is 17.4 Å². The molecular weight excluding hydrogens is 446 g/mol. The van der Waals surface area contributed by atoms with Gasteiger partial charge in [0.15, 0.2) is 5.78 Å². The zero-order chi connectivity index (χ0) is 25.1. The molecule has 2 unspecified atom stereocenters. The number of amides is 1. The number of benzene rings is 3. The first kappa shape index (κ1) is 24.4. The number of nitrogens with zero attached hydrogens (tertiary/aromatic N) is 1. The minimum Gasteiger partial charge on any atom is -0.345 e. The van der Waals surface area contributed by atoms with Gasteiger partial charge < -0.3 is 10.6 Å². The lowest BCUT2D eigenvalue weighted by Crippen LogP contribution is -2.43. The van der Waals surface area contributed by atoms with Gasteiger partial charge in [0.05, 0.1) is 12.1 Å². The molecule has 0 spiro atoms. The van der Waals surface area contributed by atoms with Crippen molar-refractivity contribution in [3.05, 3.63) is 107 Å². The van der Waals surface area contributed by atoms with Crippen LogP contribution >= 0.6 is 0 Å². The van der Waals surface area contributed by atoms with E-state index in [4.69, 9.17) is 0 Å². The first-order valence-electron chi connectivity index (χ1n) is 13.0. The second kappa shape index (κ2) is 10.8. The summed E-state index contributed by atoms with van der Waals surface area (Å²) in [6, 6.07) is 25.3. The summed E-state index contributed by atoms with van der Waals surface area (Å²) in [6.07, 6.45) is 0.742. The van der Waals surface area contributed by atoms with Crippen LogP contribution in [0.15, 0.2) is 78.9 Å². The molecule has 0 aliphatic carbocycles. The van der Waals surface area contributed by atoms with Gasteiger partial charge in [-0.1, -0.05) is 66.7 Å². The van der Waals surface area contributed by atoms with Crippen LogP contribution in [0, 0.1) is 25.7 Å². The number of ketones is 1. The molecule has 4 atom stereocenters. The molecule has 36 heavy (non-hydrogen) atoms. The molecule has 3 aromatic carbocycles. The summed E-state index contributed by atoms with van der Waals surface area (Å²) in [5.41, 5.74) is 4.71. The Bertz CT molecular complexity index is 1190. The Morgan fingerprint density at radius 2 is 1.58 bits per heavy atom. The maximum absolute atomic E-state index is 14.0. The molecule has 2 N–H and O–H groups in total. The fourth-order valence-electron chi connectivity index (χ4n) is 6.08. The SMILES string of the molecule is Cc1cccc(C)c1C(=O)[C@@H]1[C@@H]2CNCC2CN1CCC(NC(=O)c1ccccc1)c1ccccc1. The normalized spacial score (nSPS) is 22.2. The standard InChI is InChI=1S/C31H35N3O2/c1-21-10-9-11-22(2)28(21)30(35)29-26-19-32-18-25(26)20-34(29)17-16-27(23-12-5-3-6-13-23)33-31(36)24-14-7-4-8-15-24/h3-15,25-27,29,32H,16-20H2,1-2H3,(H,33,36)/t25?,26-,27?,29+/m1/s1. The lowest BCUT2D eigenvalue weighted by atomic mass is 9.86. The van der Waals surface area contributed by atoms with E-state index in [1.54, 1.807) is 0 Å². The van der Waals surface area contributed by atoms with Crippen LogP contribution in [0.5, 0.6) is 0 Å². The number of hydrogen-bond donors (Lipinski definition) is 2. The van der Waals surface area contributed by atoms with E-state index in [0.717, 1.165) is 54.9 Å². The van der Waals surface area contributed by atoms with Crippen LogP contribution in [0.3, 0.4) is 0 Å². The van der Waals surface area contributed by atoms with Crippen molar-refractivity contribution in [3.8, 4) is 0 Å². The molecule has 2 heterocycles. The summed E-state index contributed by atoms with van der Waals surface area (Å²) in [4.78, 5) is 29.4. The fraction of sp³-hybridized carbons (Fsp3) is 0.355. The first-order chi connectivity index (χ1) is 17.5. The summed E-state index contributed by atoms with van der Waals surface area (Å²) < 4.78 is 0. The van der Waals surface area contributed by atoms with Gasteiger partial charge in [0.25, 0.3) is 5.91 Å². The number of hydrogen-bond acceptors (Lipinski definition) is 4. The molecule has 5 nitrogen and oxygen atoms in total. The third-order valence-electron chi connectivity index (χ3n) is 7.90. The predicted octanol–water partition coefficient (Wildman–Crippen LogP) is 4.57. The van der Waals surface area contributed by atoms with Gasteiger partial charge in [-0.25, -0.2) is 0 Å². The lowest BCUT2D eigenvalue weighted by molar-refractivity contribution is 0.0819. The van der Waals surface area contributed by atoms with E-state index in [1.807, 2.05) is 80.6 Å². The Morgan fingerprint density at radius 3 is 2.28 bits per heavy atom. The second-order valence-corrected chi connectivity index (χ2v) is 10.2. The maximum Gasteiger partial charge on any atom is 0.251 e. The quantitative estimate of drug-likeness (QED) is 0.463. The average Bonchev–Trinajstić information content (AvgIpc) is 3.48. The van der Waals surface area contributed by atoms with Crippen LogP contribution < -0.4 is 10.6 Å². The first-order valence-corrected chi connectivity index (χ1v) is 13.0. The highest BCUT2D eigenvalue weighted by molar-refractivity contribution is 6.03. The topological polar surface area (TPSA) is 61.4 Å². The summed E-state index contributed by atoms with van der Waals surface area (Å²) in [5, 5.41) is 6.76. The van der Waals surface area contributed by atoms with Crippen molar-refractivity contribution >= 4 is 11.7 Å². The maximum atomic E-state index is 14.0. The molecule has 0 radical (unpaired) electrons. The highest BCUT2D eigenvalue weighted by Gasteiger charge is 2.48. The lowest BCUT2D eigenvalue weighted by Gasteiger charge is -2.29. The van der Waals surface area contributed by atoms with Gasteiger partial charge in [0.2, 0.25) is 0 Å². The average molecular weight is 482 g/mol. The molecule has 0 aromatic heterocycles. The van der Waals surface area contributed by atoms with E-state index in [9.17, 15) is 9.59 Å². The third-order valence-corrected chi connectivity index (χ3v) is 7.90. The van der Waals surface area contributed by atoms with Crippen molar-refractivity contribution < 1.29 is 9.59 Å². The Balaban J connectivity index is 1.37. The van der Waals surface area contributed by atoms with E-state index in [-0.39, 0.29) is 23.8 Å². The summed E-state index contributed by atoms with van der Waals surface area (Å²) in [7, 11) is 0. The van der Waals surface area contributed by atoms with Gasteiger partial charge in [0.1, 0.15) is 0 Å².